The van der Waals surface area contributed by atoms with Gasteiger partial charge in [-0.15, -0.1) is 0 Å². The third-order valence-corrected chi connectivity index (χ3v) is 3.79. The number of Topliss-reactive ketones (excluding diaryl/α,β-unsaturated/α-hetero) is 1. The van der Waals surface area contributed by atoms with Crippen LogP contribution < -0.4 is 0 Å². The van der Waals surface area contributed by atoms with Crippen LogP contribution in [0.4, 0.5) is 0 Å². The van der Waals surface area contributed by atoms with Crippen LogP contribution in [0, 0.1) is 0 Å². The van der Waals surface area contributed by atoms with Crippen molar-refractivity contribution in [1.82, 2.24) is 4.90 Å². The molecule has 0 aliphatic carbocycles. The lowest BCUT2D eigenvalue weighted by molar-refractivity contribution is -0.139. The summed E-state index contributed by atoms with van der Waals surface area (Å²) in [4.78, 5) is 25.8. The van der Waals surface area contributed by atoms with E-state index in [1.807, 2.05) is 66.7 Å². The zero-order valence-corrected chi connectivity index (χ0v) is 12.2. The number of carbonyl (C=O) groups excluding carboxylic acids is 2. The molecule has 0 unspecified atom stereocenters. The van der Waals surface area contributed by atoms with Crippen molar-refractivity contribution in [1.29, 1.82) is 0 Å². The second-order valence-corrected chi connectivity index (χ2v) is 5.37. The molecule has 1 amide bonds. The van der Waals surface area contributed by atoms with E-state index in [4.69, 9.17) is 0 Å². The second-order valence-electron chi connectivity index (χ2n) is 5.37. The Hall–Kier alpha value is -2.68. The number of hydrogen-bond donors (Lipinski definition) is 0. The molecule has 0 aromatic heterocycles. The Morgan fingerprint density at radius 1 is 0.909 bits per heavy atom. The minimum absolute atomic E-state index is 0.378. The highest BCUT2D eigenvalue weighted by atomic mass is 16.2. The number of ketones is 1. The zero-order valence-electron chi connectivity index (χ0n) is 12.2. The molecule has 0 bridgehead atoms. The molecule has 3 rings (SSSR count). The van der Waals surface area contributed by atoms with Gasteiger partial charge in [0.1, 0.15) is 0 Å². The monoisotopic (exact) mass is 291 g/mol. The van der Waals surface area contributed by atoms with Gasteiger partial charge in [-0.05, 0) is 23.6 Å². The summed E-state index contributed by atoms with van der Waals surface area (Å²) in [7, 11) is 0. The summed E-state index contributed by atoms with van der Waals surface area (Å²) < 4.78 is 0. The summed E-state index contributed by atoms with van der Waals surface area (Å²) >= 11 is 0. The van der Waals surface area contributed by atoms with Crippen LogP contribution in [0.25, 0.3) is 6.08 Å². The summed E-state index contributed by atoms with van der Waals surface area (Å²) in [5.41, 5.74) is 2.69. The molecule has 3 heteroatoms. The van der Waals surface area contributed by atoms with Gasteiger partial charge < -0.3 is 4.90 Å². The number of hydrogen-bond acceptors (Lipinski definition) is 2. The molecule has 0 atom stereocenters. The van der Waals surface area contributed by atoms with Crippen molar-refractivity contribution in [2.24, 2.45) is 0 Å². The Kier molecular flexibility index (Phi) is 4.15. The van der Waals surface area contributed by atoms with Crippen LogP contribution in [0.3, 0.4) is 0 Å². The normalized spacial score (nSPS) is 16.5. The van der Waals surface area contributed by atoms with Crippen LogP contribution in [0.15, 0.2) is 66.2 Å². The Bertz CT molecular complexity index is 705. The number of amides is 1. The third-order valence-electron chi connectivity index (χ3n) is 3.79. The summed E-state index contributed by atoms with van der Waals surface area (Å²) in [5, 5.41) is 0. The van der Waals surface area contributed by atoms with Crippen molar-refractivity contribution in [3.05, 3.63) is 77.4 Å². The fraction of sp³-hybridized carbons (Fsp3) is 0.158. The Morgan fingerprint density at radius 2 is 1.55 bits per heavy atom. The van der Waals surface area contributed by atoms with Crippen LogP contribution in [0.1, 0.15) is 11.1 Å². The molecule has 2 aromatic carbocycles. The second kappa shape index (κ2) is 6.39. The maximum Gasteiger partial charge on any atom is 0.294 e. The van der Waals surface area contributed by atoms with Crippen molar-refractivity contribution < 1.29 is 9.59 Å². The van der Waals surface area contributed by atoms with Gasteiger partial charge in [-0.1, -0.05) is 60.7 Å². The van der Waals surface area contributed by atoms with Crippen LogP contribution in [0.5, 0.6) is 0 Å². The molecule has 0 spiro atoms. The largest absolute Gasteiger partial charge is 0.331 e. The highest BCUT2D eigenvalue weighted by Gasteiger charge is 2.33. The van der Waals surface area contributed by atoms with Crippen molar-refractivity contribution in [2.45, 2.75) is 6.42 Å². The van der Waals surface area contributed by atoms with Crippen LogP contribution in [-0.4, -0.2) is 29.7 Å². The van der Waals surface area contributed by atoms with Crippen LogP contribution in [0.2, 0.25) is 0 Å². The Balaban J connectivity index is 1.69. The summed E-state index contributed by atoms with van der Waals surface area (Å²) in [6, 6.07) is 19.6. The van der Waals surface area contributed by atoms with Gasteiger partial charge in [-0.25, -0.2) is 0 Å². The van der Waals surface area contributed by atoms with Crippen molar-refractivity contribution >= 4 is 17.8 Å². The van der Waals surface area contributed by atoms with E-state index < -0.39 is 5.91 Å². The first-order valence-electron chi connectivity index (χ1n) is 7.37. The highest BCUT2D eigenvalue weighted by Crippen LogP contribution is 2.17. The molecule has 3 nitrogen and oxygen atoms in total. The van der Waals surface area contributed by atoms with Crippen molar-refractivity contribution in [3.63, 3.8) is 0 Å². The Labute approximate surface area is 129 Å². The van der Waals surface area contributed by atoms with Gasteiger partial charge in [-0.3, -0.25) is 9.59 Å². The zero-order chi connectivity index (χ0) is 15.4. The quantitative estimate of drug-likeness (QED) is 0.641. The average Bonchev–Trinajstić information content (AvgIpc) is 2.83. The van der Waals surface area contributed by atoms with E-state index in [9.17, 15) is 9.59 Å². The first-order valence-corrected chi connectivity index (χ1v) is 7.37. The molecule has 0 radical (unpaired) electrons. The number of carbonyl (C=O) groups is 2. The standard InChI is InChI=1S/C19H17NO2/c21-18-17(13-16-9-5-2-6-10-16)14-20(19(18)22)12-11-15-7-3-1-4-8-15/h1-10,13H,11-12,14H2/b17-13+. The molecule has 2 aromatic rings. The van der Waals surface area contributed by atoms with Crippen molar-refractivity contribution in [2.75, 3.05) is 13.1 Å². The van der Waals surface area contributed by atoms with Crippen LogP contribution in [-0.2, 0) is 16.0 Å². The van der Waals surface area contributed by atoms with Gasteiger partial charge in [0.15, 0.2) is 0 Å². The summed E-state index contributed by atoms with van der Waals surface area (Å²) in [6.45, 7) is 0.972. The van der Waals surface area contributed by atoms with Gasteiger partial charge >= 0.3 is 0 Å². The summed E-state index contributed by atoms with van der Waals surface area (Å²) in [5.74, 6) is -0.768. The minimum Gasteiger partial charge on any atom is -0.331 e. The predicted molar refractivity (Wildman–Crippen MR) is 86.2 cm³/mol. The van der Waals surface area contributed by atoms with Gasteiger partial charge in [-0.2, -0.15) is 0 Å². The maximum atomic E-state index is 12.1. The Morgan fingerprint density at radius 3 is 2.23 bits per heavy atom. The fourth-order valence-corrected chi connectivity index (χ4v) is 2.58. The van der Waals surface area contributed by atoms with Gasteiger partial charge in [0.2, 0.25) is 5.78 Å². The first-order chi connectivity index (χ1) is 10.7. The van der Waals surface area contributed by atoms with E-state index in [1.54, 1.807) is 4.90 Å². The number of likely N-dealkylation sites (tertiary alicyclic amines) is 1. The number of nitrogens with zero attached hydrogens (tertiary/aromatic N) is 1. The van der Waals surface area contributed by atoms with E-state index in [-0.39, 0.29) is 5.78 Å². The highest BCUT2D eigenvalue weighted by molar-refractivity contribution is 6.45. The van der Waals surface area contributed by atoms with Crippen LogP contribution >= 0.6 is 0 Å². The predicted octanol–water partition coefficient (Wildman–Crippen LogP) is 2.72. The lowest BCUT2D eigenvalue weighted by Gasteiger charge is -2.13. The smallest absolute Gasteiger partial charge is 0.294 e. The molecule has 1 aliphatic rings. The van der Waals surface area contributed by atoms with E-state index in [0.29, 0.717) is 18.7 Å². The minimum atomic E-state index is -0.391. The molecular weight excluding hydrogens is 274 g/mol. The number of rotatable bonds is 4. The van der Waals surface area contributed by atoms with E-state index in [0.717, 1.165) is 12.0 Å². The fourth-order valence-electron chi connectivity index (χ4n) is 2.58. The molecule has 1 heterocycles. The average molecular weight is 291 g/mol. The molecule has 1 saturated heterocycles. The third kappa shape index (κ3) is 3.14. The SMILES string of the molecule is O=C1C(=O)N(CCc2ccccc2)C/C1=C\c1ccccc1. The van der Waals surface area contributed by atoms with E-state index in [2.05, 4.69) is 0 Å². The number of benzene rings is 2. The molecule has 0 saturated carbocycles. The van der Waals surface area contributed by atoms with Gasteiger partial charge in [0, 0.05) is 12.1 Å². The summed E-state index contributed by atoms with van der Waals surface area (Å²) in [6.07, 6.45) is 2.57. The molecule has 22 heavy (non-hydrogen) atoms. The van der Waals surface area contributed by atoms with Crippen molar-refractivity contribution in [3.8, 4) is 0 Å². The van der Waals surface area contributed by atoms with E-state index >= 15 is 0 Å². The molecule has 0 N–H and O–H groups in total. The lowest BCUT2D eigenvalue weighted by Crippen LogP contribution is -2.29. The lowest BCUT2D eigenvalue weighted by atomic mass is 10.1. The topological polar surface area (TPSA) is 37.4 Å². The van der Waals surface area contributed by atoms with E-state index in [1.165, 1.54) is 5.56 Å². The van der Waals surface area contributed by atoms with Gasteiger partial charge in [0.05, 0.1) is 6.54 Å². The molecule has 1 fully saturated rings. The molecular formula is C19H17NO2. The van der Waals surface area contributed by atoms with Gasteiger partial charge in [0.25, 0.3) is 5.91 Å². The molecule has 110 valence electrons. The first kappa shape index (κ1) is 14.3. The maximum absolute atomic E-state index is 12.1. The molecule has 1 aliphatic heterocycles.